The van der Waals surface area contributed by atoms with Crippen LogP contribution in [0.2, 0.25) is 0 Å². The molecule has 0 radical (unpaired) electrons. The summed E-state index contributed by atoms with van der Waals surface area (Å²) in [5.74, 6) is 0.879. The molecule has 5 nitrogen and oxygen atoms in total. The molecule has 2 saturated heterocycles. The van der Waals surface area contributed by atoms with Crippen molar-refractivity contribution in [2.24, 2.45) is 5.92 Å². The topological polar surface area (TPSA) is 48.5 Å². The minimum Gasteiger partial charge on any atom is -0.340 e. The van der Waals surface area contributed by atoms with Gasteiger partial charge in [-0.25, -0.2) is 0 Å². The summed E-state index contributed by atoms with van der Waals surface area (Å²) >= 11 is 7.51. The van der Waals surface area contributed by atoms with Crippen LogP contribution in [0, 0.1) is 12.8 Å². The van der Waals surface area contributed by atoms with E-state index in [9.17, 15) is 4.79 Å². The van der Waals surface area contributed by atoms with Crippen LogP contribution in [0.5, 0.6) is 0 Å². The first-order valence-corrected chi connectivity index (χ1v) is 13.7. The van der Waals surface area contributed by atoms with Crippen LogP contribution in [0.3, 0.4) is 0 Å². The van der Waals surface area contributed by atoms with Gasteiger partial charge in [0.2, 0.25) is 5.91 Å². The Morgan fingerprint density at radius 3 is 2.64 bits per heavy atom. The Morgan fingerprint density at radius 1 is 1.12 bits per heavy atom. The Kier molecular flexibility index (Phi) is 7.21. The lowest BCUT2D eigenvalue weighted by atomic mass is 9.93. The zero-order chi connectivity index (χ0) is 22.9. The zero-order valence-corrected chi connectivity index (χ0v) is 22.4. The maximum atomic E-state index is 13.0. The van der Waals surface area contributed by atoms with E-state index in [-0.39, 0.29) is 6.04 Å². The number of carbonyl (C=O) groups is 1. The highest BCUT2D eigenvalue weighted by molar-refractivity contribution is 9.10. The predicted molar refractivity (Wildman–Crippen MR) is 138 cm³/mol. The number of halogens is 2. The molecule has 1 N–H and O–H groups in total. The Bertz CT molecular complexity index is 1030. The van der Waals surface area contributed by atoms with E-state index in [0.29, 0.717) is 18.2 Å². The number of piperidine rings is 1. The molecule has 3 aliphatic rings. The minimum atomic E-state index is 0.129. The van der Waals surface area contributed by atoms with Crippen LogP contribution in [0.1, 0.15) is 53.3 Å². The lowest BCUT2D eigenvalue weighted by Gasteiger charge is -2.40. The van der Waals surface area contributed by atoms with Crippen LogP contribution in [0.15, 0.2) is 33.3 Å². The number of hydrogen-bond acceptors (Lipinski definition) is 4. The Morgan fingerprint density at radius 2 is 1.88 bits per heavy atom. The van der Waals surface area contributed by atoms with Crippen molar-refractivity contribution in [1.82, 2.24) is 20.1 Å². The van der Waals surface area contributed by atoms with Crippen molar-refractivity contribution in [1.29, 1.82) is 0 Å². The van der Waals surface area contributed by atoms with Gasteiger partial charge < -0.3 is 10.2 Å². The fourth-order valence-electron chi connectivity index (χ4n) is 5.67. The van der Waals surface area contributed by atoms with Gasteiger partial charge in [0.25, 0.3) is 0 Å². The Hall–Kier alpha value is -1.28. The van der Waals surface area contributed by atoms with Crippen molar-refractivity contribution in [2.45, 2.75) is 45.1 Å². The van der Waals surface area contributed by atoms with Crippen molar-refractivity contribution in [3.8, 4) is 0 Å². The number of rotatable bonds is 3. The first kappa shape index (κ1) is 23.5. The summed E-state index contributed by atoms with van der Waals surface area (Å²) in [5, 5.41) is 3.40. The number of fused-ring (bicyclic) bond motifs is 2. The molecule has 5 rings (SSSR count). The summed E-state index contributed by atoms with van der Waals surface area (Å²) in [6.45, 7) is 7.62. The maximum absolute atomic E-state index is 13.0. The molecule has 1 amide bonds. The number of carbonyl (C=O) groups excluding carboxylic acids is 1. The fourth-order valence-corrected chi connectivity index (χ4v) is 6.61. The normalized spacial score (nSPS) is 21.9. The van der Waals surface area contributed by atoms with E-state index in [4.69, 9.17) is 4.98 Å². The lowest BCUT2D eigenvalue weighted by molar-refractivity contribution is -0.134. The smallest absolute Gasteiger partial charge is 0.222 e. The molecule has 33 heavy (non-hydrogen) atoms. The number of benzene rings is 1. The van der Waals surface area contributed by atoms with Crippen molar-refractivity contribution in [3.05, 3.63) is 61.3 Å². The summed E-state index contributed by atoms with van der Waals surface area (Å²) < 4.78 is 2.27. The number of aryl methyl sites for hydroxylation is 2. The molecule has 2 aromatic rings. The molecule has 3 heterocycles. The zero-order valence-electron chi connectivity index (χ0n) is 19.2. The van der Waals surface area contributed by atoms with E-state index in [0.717, 1.165) is 69.4 Å². The number of aromatic nitrogens is 1. The number of piperazine rings is 1. The van der Waals surface area contributed by atoms with E-state index < -0.39 is 0 Å². The van der Waals surface area contributed by atoms with E-state index in [1.807, 2.05) is 6.20 Å². The third-order valence-electron chi connectivity index (χ3n) is 7.59. The van der Waals surface area contributed by atoms with Gasteiger partial charge >= 0.3 is 0 Å². The number of hydrogen-bond donors (Lipinski definition) is 1. The summed E-state index contributed by atoms with van der Waals surface area (Å²) in [6, 6.07) is 6.89. The second-order valence-corrected chi connectivity index (χ2v) is 11.4. The second-order valence-electron chi connectivity index (χ2n) is 9.68. The SMILES string of the molecule is Cc1ccc2c(c1Br)CCc1cc(Br)cnc1C2N1CCN(C(=O)CC2CCNCC2)CC1. The molecule has 0 bridgehead atoms. The third kappa shape index (κ3) is 4.93. The van der Waals surface area contributed by atoms with Gasteiger partial charge in [-0.15, -0.1) is 0 Å². The molecule has 7 heteroatoms. The molecule has 1 atom stereocenters. The molecule has 0 spiro atoms. The summed E-state index contributed by atoms with van der Waals surface area (Å²) in [6.07, 6.45) is 6.88. The molecule has 0 saturated carbocycles. The Labute approximate surface area is 213 Å². The molecular weight excluding hydrogens is 544 g/mol. The predicted octanol–water partition coefficient (Wildman–Crippen LogP) is 4.64. The van der Waals surface area contributed by atoms with E-state index >= 15 is 0 Å². The van der Waals surface area contributed by atoms with Gasteiger partial charge in [-0.05, 0) is 95.9 Å². The molecule has 1 aliphatic carbocycles. The highest BCUT2D eigenvalue weighted by Gasteiger charge is 2.34. The van der Waals surface area contributed by atoms with Gasteiger partial charge in [0, 0.05) is 47.7 Å². The van der Waals surface area contributed by atoms with Crippen molar-refractivity contribution >= 4 is 37.8 Å². The van der Waals surface area contributed by atoms with E-state index in [1.165, 1.54) is 32.4 Å². The standard InChI is InChI=1S/C26H32Br2N4O/c1-17-2-4-22-21(24(17)28)5-3-19-15-20(27)16-30-25(19)26(22)32-12-10-31(11-13-32)23(33)14-18-6-8-29-9-7-18/h2,4,15-16,18,26,29H,3,5-14H2,1H3. The van der Waals surface area contributed by atoms with Crippen molar-refractivity contribution < 1.29 is 4.79 Å². The van der Waals surface area contributed by atoms with Crippen LogP contribution in [-0.4, -0.2) is 60.0 Å². The van der Waals surface area contributed by atoms with Crippen LogP contribution in [0.25, 0.3) is 0 Å². The molecule has 176 valence electrons. The van der Waals surface area contributed by atoms with Gasteiger partial charge in [0.05, 0.1) is 11.7 Å². The van der Waals surface area contributed by atoms with Gasteiger partial charge in [0.15, 0.2) is 0 Å². The molecule has 2 aliphatic heterocycles. The number of nitrogens with zero attached hydrogens (tertiary/aromatic N) is 3. The molecule has 1 aromatic carbocycles. The summed E-state index contributed by atoms with van der Waals surface area (Å²) in [7, 11) is 0. The molecule has 1 unspecified atom stereocenters. The number of nitrogens with one attached hydrogen (secondary N) is 1. The van der Waals surface area contributed by atoms with Crippen molar-refractivity contribution in [3.63, 3.8) is 0 Å². The highest BCUT2D eigenvalue weighted by atomic mass is 79.9. The molecular formula is C26H32Br2N4O. The van der Waals surface area contributed by atoms with E-state index in [1.54, 1.807) is 0 Å². The highest BCUT2D eigenvalue weighted by Crippen LogP contribution is 2.40. The lowest BCUT2D eigenvalue weighted by Crippen LogP contribution is -2.50. The summed E-state index contributed by atoms with van der Waals surface area (Å²) in [5.41, 5.74) is 6.52. The monoisotopic (exact) mass is 574 g/mol. The van der Waals surface area contributed by atoms with Gasteiger partial charge in [-0.3, -0.25) is 14.7 Å². The quantitative estimate of drug-likeness (QED) is 0.579. The van der Waals surface area contributed by atoms with Gasteiger partial charge in [-0.1, -0.05) is 28.1 Å². The van der Waals surface area contributed by atoms with E-state index in [2.05, 4.69) is 72.1 Å². The largest absolute Gasteiger partial charge is 0.340 e. The summed E-state index contributed by atoms with van der Waals surface area (Å²) in [4.78, 5) is 22.5. The van der Waals surface area contributed by atoms with Crippen molar-refractivity contribution in [2.75, 3.05) is 39.3 Å². The average molecular weight is 576 g/mol. The Balaban J connectivity index is 1.38. The van der Waals surface area contributed by atoms with Crippen LogP contribution in [-0.2, 0) is 17.6 Å². The van der Waals surface area contributed by atoms with Gasteiger partial charge in [0.1, 0.15) is 0 Å². The fraction of sp³-hybridized carbons (Fsp3) is 0.538. The van der Waals surface area contributed by atoms with Crippen LogP contribution >= 0.6 is 31.9 Å². The van der Waals surface area contributed by atoms with Crippen LogP contribution in [0.4, 0.5) is 0 Å². The second kappa shape index (κ2) is 10.1. The molecule has 1 aromatic heterocycles. The van der Waals surface area contributed by atoms with Gasteiger partial charge in [-0.2, -0.15) is 0 Å². The molecule has 2 fully saturated rings. The van der Waals surface area contributed by atoms with Crippen LogP contribution < -0.4 is 5.32 Å². The minimum absolute atomic E-state index is 0.129. The maximum Gasteiger partial charge on any atom is 0.222 e. The average Bonchev–Trinajstić information content (AvgIpc) is 2.99. The first-order chi connectivity index (χ1) is 16.0. The third-order valence-corrected chi connectivity index (χ3v) is 9.13. The number of pyridine rings is 1. The first-order valence-electron chi connectivity index (χ1n) is 12.2. The number of amides is 1.